The second-order valence-corrected chi connectivity index (χ2v) is 4.96. The fourth-order valence-corrected chi connectivity index (χ4v) is 1.77. The van der Waals surface area contributed by atoms with Crippen molar-refractivity contribution in [3.63, 3.8) is 0 Å². The summed E-state index contributed by atoms with van der Waals surface area (Å²) in [5.74, 6) is 0. The third kappa shape index (κ3) is 5.31. The SMILES string of the molecule is Cc1ccc([C@@H](C)NCC(O)CN(C)C)cc1. The Hall–Kier alpha value is -0.900. The molecule has 0 spiro atoms. The van der Waals surface area contributed by atoms with Crippen LogP contribution in [0.3, 0.4) is 0 Å². The first-order valence-corrected chi connectivity index (χ1v) is 6.11. The minimum atomic E-state index is -0.321. The van der Waals surface area contributed by atoms with Gasteiger partial charge in [-0.3, -0.25) is 0 Å². The van der Waals surface area contributed by atoms with Crippen LogP contribution >= 0.6 is 0 Å². The van der Waals surface area contributed by atoms with Gasteiger partial charge in [0.2, 0.25) is 0 Å². The maximum absolute atomic E-state index is 9.76. The van der Waals surface area contributed by atoms with Gasteiger partial charge in [-0.1, -0.05) is 29.8 Å². The molecule has 0 saturated carbocycles. The molecule has 1 aromatic carbocycles. The summed E-state index contributed by atoms with van der Waals surface area (Å²) in [5, 5.41) is 13.1. The molecule has 96 valence electrons. The number of hydrogen-bond donors (Lipinski definition) is 2. The third-order valence-corrected chi connectivity index (χ3v) is 2.81. The van der Waals surface area contributed by atoms with E-state index in [0.717, 1.165) is 0 Å². The quantitative estimate of drug-likeness (QED) is 0.787. The highest BCUT2D eigenvalue weighted by molar-refractivity contribution is 5.23. The van der Waals surface area contributed by atoms with Crippen LogP contribution in [0.15, 0.2) is 24.3 Å². The fraction of sp³-hybridized carbons (Fsp3) is 0.571. The number of aliphatic hydroxyl groups excluding tert-OH is 1. The highest BCUT2D eigenvalue weighted by Gasteiger charge is 2.09. The van der Waals surface area contributed by atoms with Crippen molar-refractivity contribution in [2.75, 3.05) is 27.2 Å². The van der Waals surface area contributed by atoms with Crippen LogP contribution < -0.4 is 5.32 Å². The number of nitrogens with zero attached hydrogens (tertiary/aromatic N) is 1. The molecule has 1 aromatic rings. The molecule has 3 nitrogen and oxygen atoms in total. The van der Waals surface area contributed by atoms with E-state index in [1.165, 1.54) is 11.1 Å². The molecule has 0 saturated heterocycles. The molecule has 1 unspecified atom stereocenters. The van der Waals surface area contributed by atoms with Crippen LogP contribution in [0.5, 0.6) is 0 Å². The number of aliphatic hydroxyl groups is 1. The lowest BCUT2D eigenvalue weighted by atomic mass is 10.1. The molecule has 0 aliphatic heterocycles. The Labute approximate surface area is 104 Å². The van der Waals surface area contributed by atoms with E-state index < -0.39 is 0 Å². The maximum atomic E-state index is 9.76. The molecule has 0 aliphatic carbocycles. The highest BCUT2D eigenvalue weighted by Crippen LogP contribution is 2.12. The van der Waals surface area contributed by atoms with Gasteiger partial charge in [0.25, 0.3) is 0 Å². The van der Waals surface area contributed by atoms with E-state index in [1.807, 2.05) is 19.0 Å². The van der Waals surface area contributed by atoms with Crippen molar-refractivity contribution >= 4 is 0 Å². The van der Waals surface area contributed by atoms with Crippen molar-refractivity contribution in [2.45, 2.75) is 26.0 Å². The molecule has 1 rings (SSSR count). The molecule has 0 fully saturated rings. The molecule has 2 atom stereocenters. The van der Waals surface area contributed by atoms with E-state index in [0.29, 0.717) is 13.1 Å². The van der Waals surface area contributed by atoms with Crippen molar-refractivity contribution in [3.8, 4) is 0 Å². The topological polar surface area (TPSA) is 35.5 Å². The average molecular weight is 236 g/mol. The number of likely N-dealkylation sites (N-methyl/N-ethyl adjacent to an activating group) is 1. The normalized spacial score (nSPS) is 14.9. The van der Waals surface area contributed by atoms with E-state index in [4.69, 9.17) is 0 Å². The third-order valence-electron chi connectivity index (χ3n) is 2.81. The number of aryl methyl sites for hydroxylation is 1. The summed E-state index contributed by atoms with van der Waals surface area (Å²) in [5.41, 5.74) is 2.53. The first-order valence-electron chi connectivity index (χ1n) is 6.11. The predicted molar refractivity (Wildman–Crippen MR) is 72.2 cm³/mol. The maximum Gasteiger partial charge on any atom is 0.0791 e. The van der Waals surface area contributed by atoms with Crippen LogP contribution in [0, 0.1) is 6.92 Å². The van der Waals surface area contributed by atoms with Crippen molar-refractivity contribution in [2.24, 2.45) is 0 Å². The van der Waals surface area contributed by atoms with Gasteiger partial charge < -0.3 is 15.3 Å². The zero-order valence-corrected chi connectivity index (χ0v) is 11.3. The molecule has 0 heterocycles. The first-order chi connectivity index (χ1) is 7.99. The molecule has 0 aromatic heterocycles. The summed E-state index contributed by atoms with van der Waals surface area (Å²) < 4.78 is 0. The Balaban J connectivity index is 2.39. The van der Waals surface area contributed by atoms with E-state index in [-0.39, 0.29) is 12.1 Å². The van der Waals surface area contributed by atoms with Crippen LogP contribution in [0.1, 0.15) is 24.1 Å². The smallest absolute Gasteiger partial charge is 0.0791 e. The molecule has 0 radical (unpaired) electrons. The Bertz CT molecular complexity index is 321. The molecule has 3 heteroatoms. The Morgan fingerprint density at radius 2 is 1.82 bits per heavy atom. The van der Waals surface area contributed by atoms with Gasteiger partial charge in [-0.15, -0.1) is 0 Å². The monoisotopic (exact) mass is 236 g/mol. The number of hydrogen-bond acceptors (Lipinski definition) is 3. The van der Waals surface area contributed by atoms with E-state index in [2.05, 4.69) is 43.4 Å². The van der Waals surface area contributed by atoms with Gasteiger partial charge in [0.1, 0.15) is 0 Å². The van der Waals surface area contributed by atoms with Crippen LogP contribution in [0.25, 0.3) is 0 Å². The number of benzene rings is 1. The molecule has 2 N–H and O–H groups in total. The molecular weight excluding hydrogens is 212 g/mol. The molecule has 0 amide bonds. The zero-order chi connectivity index (χ0) is 12.8. The van der Waals surface area contributed by atoms with Crippen LogP contribution in [0.2, 0.25) is 0 Å². The minimum absolute atomic E-state index is 0.271. The number of rotatable bonds is 6. The Morgan fingerprint density at radius 3 is 2.35 bits per heavy atom. The summed E-state index contributed by atoms with van der Waals surface area (Å²) in [7, 11) is 3.93. The lowest BCUT2D eigenvalue weighted by molar-refractivity contribution is 0.132. The first kappa shape index (κ1) is 14.2. The van der Waals surface area contributed by atoms with Gasteiger partial charge in [-0.05, 0) is 33.5 Å². The van der Waals surface area contributed by atoms with Crippen molar-refractivity contribution in [1.82, 2.24) is 10.2 Å². The summed E-state index contributed by atoms with van der Waals surface area (Å²) in [6, 6.07) is 8.76. The van der Waals surface area contributed by atoms with Gasteiger partial charge in [0.05, 0.1) is 6.10 Å². The number of nitrogens with one attached hydrogen (secondary N) is 1. The van der Waals surface area contributed by atoms with Crippen LogP contribution in [-0.2, 0) is 0 Å². The standard InChI is InChI=1S/C14H24N2O/c1-11-5-7-13(8-6-11)12(2)15-9-14(17)10-16(3)4/h5-8,12,14-15,17H,9-10H2,1-4H3/t12-,14?/m1/s1. The van der Waals surface area contributed by atoms with Gasteiger partial charge in [-0.25, -0.2) is 0 Å². The van der Waals surface area contributed by atoms with E-state index in [1.54, 1.807) is 0 Å². The van der Waals surface area contributed by atoms with Crippen LogP contribution in [-0.4, -0.2) is 43.3 Å². The lowest BCUT2D eigenvalue weighted by Gasteiger charge is -2.20. The van der Waals surface area contributed by atoms with E-state index in [9.17, 15) is 5.11 Å². The van der Waals surface area contributed by atoms with Gasteiger partial charge in [0, 0.05) is 19.1 Å². The average Bonchev–Trinajstić information content (AvgIpc) is 2.26. The zero-order valence-electron chi connectivity index (χ0n) is 11.3. The minimum Gasteiger partial charge on any atom is -0.390 e. The fourth-order valence-electron chi connectivity index (χ4n) is 1.77. The Kier molecular flexibility index (Phi) is 5.62. The summed E-state index contributed by atoms with van der Waals surface area (Å²) in [6.45, 7) is 5.51. The molecular formula is C14H24N2O. The Morgan fingerprint density at radius 1 is 1.24 bits per heavy atom. The second kappa shape index (κ2) is 6.74. The van der Waals surface area contributed by atoms with Crippen molar-refractivity contribution in [1.29, 1.82) is 0 Å². The molecule has 0 bridgehead atoms. The summed E-state index contributed by atoms with van der Waals surface area (Å²) >= 11 is 0. The van der Waals surface area contributed by atoms with Crippen molar-refractivity contribution < 1.29 is 5.11 Å². The molecule has 0 aliphatic rings. The highest BCUT2D eigenvalue weighted by atomic mass is 16.3. The van der Waals surface area contributed by atoms with Gasteiger partial charge >= 0.3 is 0 Å². The largest absolute Gasteiger partial charge is 0.390 e. The molecule has 17 heavy (non-hydrogen) atoms. The van der Waals surface area contributed by atoms with Crippen molar-refractivity contribution in [3.05, 3.63) is 35.4 Å². The van der Waals surface area contributed by atoms with E-state index >= 15 is 0 Å². The van der Waals surface area contributed by atoms with Crippen LogP contribution in [0.4, 0.5) is 0 Å². The van der Waals surface area contributed by atoms with Gasteiger partial charge in [-0.2, -0.15) is 0 Å². The summed E-state index contributed by atoms with van der Waals surface area (Å²) in [4.78, 5) is 1.99. The lowest BCUT2D eigenvalue weighted by Crippen LogP contribution is -2.36. The van der Waals surface area contributed by atoms with Gasteiger partial charge in [0.15, 0.2) is 0 Å². The predicted octanol–water partition coefficient (Wildman–Crippen LogP) is 1.57. The summed E-state index contributed by atoms with van der Waals surface area (Å²) in [6.07, 6.45) is -0.321. The second-order valence-electron chi connectivity index (χ2n) is 4.96.